The Morgan fingerprint density at radius 1 is 0.318 bits per heavy atom. The number of hydrogen-bond donors (Lipinski definition) is 0. The number of rotatable bonds is 3. The molecule has 0 aliphatic carbocycles. The van der Waals surface area contributed by atoms with E-state index >= 15 is 0 Å². The van der Waals surface area contributed by atoms with Crippen molar-refractivity contribution in [2.45, 2.75) is 0 Å². The van der Waals surface area contributed by atoms with Crippen molar-refractivity contribution in [2.75, 3.05) is 0 Å². The number of fused-ring (bicyclic) bond motifs is 21. The van der Waals surface area contributed by atoms with Crippen molar-refractivity contribution >= 4 is 131 Å². The second-order valence-corrected chi connectivity index (χ2v) is 17.2. The van der Waals surface area contributed by atoms with E-state index in [-0.39, 0.29) is 0 Å². The Bertz CT molecular complexity index is 4720. The minimum atomic E-state index is 0.496. The molecule has 0 saturated carbocycles. The van der Waals surface area contributed by atoms with Gasteiger partial charge >= 0.3 is 12.0 Å². The number of nitrogens with zero attached hydrogens (tertiary/aromatic N) is 4. The molecule has 66 heavy (non-hydrogen) atoms. The van der Waals surface area contributed by atoms with Gasteiger partial charge in [0.2, 0.25) is 0 Å². The van der Waals surface area contributed by atoms with Crippen LogP contribution in [0.15, 0.2) is 200 Å². The molecule has 0 unspecified atom stereocenters. The van der Waals surface area contributed by atoms with Crippen LogP contribution in [0, 0.1) is 0 Å². The van der Waals surface area contributed by atoms with E-state index in [4.69, 9.17) is 27.6 Å². The molecule has 0 saturated heterocycles. The monoisotopic (exact) mass is 846 g/mol. The van der Waals surface area contributed by atoms with Crippen LogP contribution in [0.5, 0.6) is 0 Å². The van der Waals surface area contributed by atoms with E-state index in [0.717, 1.165) is 142 Å². The van der Waals surface area contributed by atoms with Gasteiger partial charge in [0.05, 0.1) is 21.9 Å². The summed E-state index contributed by atoms with van der Waals surface area (Å²) in [6.07, 6.45) is 0. The second kappa shape index (κ2) is 12.3. The highest BCUT2D eigenvalue weighted by Gasteiger charge is 2.27. The first-order valence-corrected chi connectivity index (χ1v) is 22.1. The fourth-order valence-corrected chi connectivity index (χ4v) is 11.0. The predicted molar refractivity (Wildman–Crippen MR) is 265 cm³/mol. The van der Waals surface area contributed by atoms with Gasteiger partial charge in [0.25, 0.3) is 0 Å². The zero-order valence-electron chi connectivity index (χ0n) is 34.7. The van der Waals surface area contributed by atoms with Crippen LogP contribution >= 0.6 is 0 Å². The van der Waals surface area contributed by atoms with Gasteiger partial charge in [-0.25, -0.2) is 0 Å². The van der Waals surface area contributed by atoms with Crippen LogP contribution in [0.2, 0.25) is 0 Å². The first-order chi connectivity index (χ1) is 32.7. The molecule has 16 rings (SSSR count). The molecule has 0 N–H and O–H groups in total. The van der Waals surface area contributed by atoms with Crippen molar-refractivity contribution in [3.63, 3.8) is 0 Å². The molecule has 6 heterocycles. The van der Waals surface area contributed by atoms with E-state index < -0.39 is 0 Å². The van der Waals surface area contributed by atoms with Crippen molar-refractivity contribution in [3.8, 4) is 23.2 Å². The highest BCUT2D eigenvalue weighted by Crippen LogP contribution is 2.48. The quantitative estimate of drug-likeness (QED) is 0.176. The molecule has 10 aromatic carbocycles. The lowest BCUT2D eigenvalue weighted by Gasteiger charge is -2.10. The molecule has 8 heteroatoms. The van der Waals surface area contributed by atoms with Gasteiger partial charge in [-0.2, -0.15) is 9.97 Å². The van der Waals surface area contributed by atoms with E-state index in [1.165, 1.54) is 0 Å². The zero-order chi connectivity index (χ0) is 42.8. The lowest BCUT2D eigenvalue weighted by molar-refractivity contribution is 0.573. The summed E-state index contributed by atoms with van der Waals surface area (Å²) in [5.41, 5.74) is 12.5. The highest BCUT2D eigenvalue weighted by molar-refractivity contribution is 6.35. The van der Waals surface area contributed by atoms with Crippen molar-refractivity contribution in [3.05, 3.63) is 182 Å². The predicted octanol–water partition coefficient (Wildman–Crippen LogP) is 15.9. The van der Waals surface area contributed by atoms with Crippen LogP contribution in [-0.4, -0.2) is 19.1 Å². The van der Waals surface area contributed by atoms with Crippen LogP contribution < -0.4 is 0 Å². The average molecular weight is 847 g/mol. The number of para-hydroxylation sites is 6. The van der Waals surface area contributed by atoms with E-state index in [1.54, 1.807) is 0 Å². The first kappa shape index (κ1) is 34.4. The third-order valence-corrected chi connectivity index (χ3v) is 13.8. The van der Waals surface area contributed by atoms with E-state index in [2.05, 4.69) is 130 Å². The van der Waals surface area contributed by atoms with Crippen molar-refractivity contribution in [1.29, 1.82) is 0 Å². The molecule has 0 aliphatic heterocycles. The van der Waals surface area contributed by atoms with Crippen molar-refractivity contribution < 1.29 is 17.7 Å². The summed E-state index contributed by atoms with van der Waals surface area (Å²) < 4.78 is 31.0. The van der Waals surface area contributed by atoms with Gasteiger partial charge in [-0.1, -0.05) is 121 Å². The Balaban J connectivity index is 0.967. The summed E-state index contributed by atoms with van der Waals surface area (Å²) in [6.45, 7) is 0. The second-order valence-electron chi connectivity index (χ2n) is 17.2. The van der Waals surface area contributed by atoms with E-state index in [0.29, 0.717) is 12.0 Å². The molecule has 0 amide bonds. The molecule has 0 aliphatic rings. The molecule has 0 atom stereocenters. The SMILES string of the molecule is c1ccc2oc(-n3c4ccc5c(-c6ccc7oc8c(c7c6)c6ccccc6c6c8c7ccccc7n6-c6nc7ccccc7o6)cccc5c4c4ccc5c6ccccc6oc5c43)nc2c1. The highest BCUT2D eigenvalue weighted by atomic mass is 16.4. The smallest absolute Gasteiger partial charge is 0.307 e. The van der Waals surface area contributed by atoms with Crippen LogP contribution in [0.1, 0.15) is 0 Å². The van der Waals surface area contributed by atoms with Gasteiger partial charge in [0.15, 0.2) is 16.7 Å². The molecule has 16 aromatic rings. The molecular weight excluding hydrogens is 817 g/mol. The molecule has 0 fully saturated rings. The Hall–Kier alpha value is -9.14. The van der Waals surface area contributed by atoms with Crippen LogP contribution in [0.3, 0.4) is 0 Å². The summed E-state index contributed by atoms with van der Waals surface area (Å²) in [5.74, 6) is 0. The summed E-state index contributed by atoms with van der Waals surface area (Å²) >= 11 is 0. The minimum Gasteiger partial charge on any atom is -0.455 e. The number of benzene rings is 10. The topological polar surface area (TPSA) is 88.2 Å². The Morgan fingerprint density at radius 2 is 0.909 bits per heavy atom. The summed E-state index contributed by atoms with van der Waals surface area (Å²) in [7, 11) is 0. The molecule has 0 spiro atoms. The third kappa shape index (κ3) is 4.37. The van der Waals surface area contributed by atoms with Gasteiger partial charge in [-0.3, -0.25) is 9.13 Å². The fourth-order valence-electron chi connectivity index (χ4n) is 11.0. The van der Waals surface area contributed by atoms with Gasteiger partial charge in [-0.15, -0.1) is 0 Å². The molecule has 6 aromatic heterocycles. The third-order valence-electron chi connectivity index (χ3n) is 13.8. The number of oxazole rings is 2. The maximum Gasteiger partial charge on any atom is 0.307 e. The molecule has 0 bridgehead atoms. The maximum absolute atomic E-state index is 7.01. The fraction of sp³-hybridized carbons (Fsp3) is 0. The maximum atomic E-state index is 7.01. The van der Waals surface area contributed by atoms with Gasteiger partial charge in [0.1, 0.15) is 33.3 Å². The van der Waals surface area contributed by atoms with Gasteiger partial charge in [-0.05, 0) is 87.9 Å². The average Bonchev–Trinajstić information content (AvgIpc) is 4.22. The number of hydrogen-bond acceptors (Lipinski definition) is 6. The largest absolute Gasteiger partial charge is 0.455 e. The van der Waals surface area contributed by atoms with Gasteiger partial charge in [0, 0.05) is 43.1 Å². The molecular formula is C58H30N4O4. The first-order valence-electron chi connectivity index (χ1n) is 22.1. The summed E-state index contributed by atoms with van der Waals surface area (Å²) in [4.78, 5) is 10.0. The van der Waals surface area contributed by atoms with Gasteiger partial charge < -0.3 is 17.7 Å². The Kier molecular flexibility index (Phi) is 6.41. The molecule has 0 radical (unpaired) electrons. The lowest BCUT2D eigenvalue weighted by atomic mass is 9.94. The summed E-state index contributed by atoms with van der Waals surface area (Å²) in [6, 6.07) is 64.2. The Labute approximate surface area is 371 Å². The standard InChI is InChI=1S/C58H30N4O4/c1-2-14-37-36(13-1)51-41-30-31(24-29-47(41)64-56(51)52-39-15-3-7-20-44(39)61(53(37)52)57-59-42-18-5-9-22-48(42)65-57)32-16-11-17-35-33(32)27-28-45-50(35)40-26-25-38-34-12-4-8-21-46(34)63-55(38)54(40)62(45)58-60-43-19-6-10-23-49(43)66-58/h1-30H. The minimum absolute atomic E-state index is 0.496. The number of aromatic nitrogens is 4. The summed E-state index contributed by atoms with van der Waals surface area (Å²) in [5, 5.41) is 13.0. The molecule has 8 nitrogen and oxygen atoms in total. The van der Waals surface area contributed by atoms with Crippen LogP contribution in [-0.2, 0) is 0 Å². The zero-order valence-corrected chi connectivity index (χ0v) is 34.7. The van der Waals surface area contributed by atoms with E-state index in [1.807, 2.05) is 60.7 Å². The Morgan fingerprint density at radius 3 is 1.70 bits per heavy atom. The van der Waals surface area contributed by atoms with E-state index in [9.17, 15) is 0 Å². The van der Waals surface area contributed by atoms with Crippen LogP contribution in [0.4, 0.5) is 0 Å². The number of furan rings is 2. The molecule has 306 valence electrons. The normalized spacial score (nSPS) is 12.5. The lowest BCUT2D eigenvalue weighted by Crippen LogP contribution is -1.94. The van der Waals surface area contributed by atoms with Crippen molar-refractivity contribution in [1.82, 2.24) is 19.1 Å². The van der Waals surface area contributed by atoms with Crippen molar-refractivity contribution in [2.24, 2.45) is 0 Å². The van der Waals surface area contributed by atoms with Crippen LogP contribution in [0.25, 0.3) is 154 Å².